The molecule has 6 rings (SSSR count). The molecule has 0 radical (unpaired) electrons. The van der Waals surface area contributed by atoms with Crippen LogP contribution in [0.25, 0.3) is 0 Å². The third kappa shape index (κ3) is 5.17. The maximum atomic E-state index is 13.1. The lowest BCUT2D eigenvalue weighted by Gasteiger charge is -2.59. The lowest BCUT2D eigenvalue weighted by molar-refractivity contribution is -0.123. The Labute approximate surface area is 214 Å². The van der Waals surface area contributed by atoms with E-state index in [1.54, 1.807) is 0 Å². The van der Waals surface area contributed by atoms with Gasteiger partial charge in [0.15, 0.2) is 11.0 Å². The molecule has 1 N–H and O–H groups in total. The van der Waals surface area contributed by atoms with Crippen molar-refractivity contribution in [1.29, 1.82) is 0 Å². The fraction of sp³-hybridized carbons (Fsp3) is 0.679. The number of nitrogens with zero attached hydrogens (tertiary/aromatic N) is 4. The van der Waals surface area contributed by atoms with Gasteiger partial charge in [-0.3, -0.25) is 9.69 Å². The number of carbonyl (C=O) groups is 1. The fourth-order valence-electron chi connectivity index (χ4n) is 7.62. The van der Waals surface area contributed by atoms with Gasteiger partial charge in [-0.15, -0.1) is 10.2 Å². The molecule has 2 unspecified atom stereocenters. The highest BCUT2D eigenvalue weighted by Crippen LogP contribution is 2.61. The number of hydrogen-bond donors (Lipinski definition) is 1. The minimum atomic E-state index is 0.119. The number of benzene rings is 1. The maximum Gasteiger partial charge on any atom is 0.230 e. The van der Waals surface area contributed by atoms with Crippen molar-refractivity contribution in [2.75, 3.05) is 19.8 Å². The Bertz CT molecular complexity index is 984. The first-order valence-electron chi connectivity index (χ1n) is 13.4. The fourth-order valence-corrected chi connectivity index (χ4v) is 8.38. The van der Waals surface area contributed by atoms with Gasteiger partial charge in [0.2, 0.25) is 5.91 Å². The molecule has 1 amide bonds. The molecule has 0 aliphatic heterocycles. The molecular formula is C28H41N5OS. The predicted octanol–water partition coefficient (Wildman–Crippen LogP) is 5.15. The van der Waals surface area contributed by atoms with Gasteiger partial charge in [-0.25, -0.2) is 0 Å². The van der Waals surface area contributed by atoms with Gasteiger partial charge in [0.1, 0.15) is 0 Å². The van der Waals surface area contributed by atoms with Crippen LogP contribution in [0.3, 0.4) is 0 Å². The Hall–Kier alpha value is -1.86. The van der Waals surface area contributed by atoms with Crippen molar-refractivity contribution in [2.24, 2.45) is 23.2 Å². The lowest BCUT2D eigenvalue weighted by atomic mass is 9.48. The van der Waals surface area contributed by atoms with Crippen LogP contribution in [0, 0.1) is 23.2 Å². The van der Waals surface area contributed by atoms with Crippen LogP contribution in [0.2, 0.25) is 0 Å². The summed E-state index contributed by atoms with van der Waals surface area (Å²) in [5, 5.41) is 13.4. The topological polar surface area (TPSA) is 63.1 Å². The van der Waals surface area contributed by atoms with E-state index in [-0.39, 0.29) is 18.0 Å². The summed E-state index contributed by atoms with van der Waals surface area (Å²) < 4.78 is 2.20. The highest BCUT2D eigenvalue weighted by atomic mass is 32.2. The first kappa shape index (κ1) is 24.8. The van der Waals surface area contributed by atoms with E-state index in [1.165, 1.54) is 55.9 Å². The number of amides is 1. The van der Waals surface area contributed by atoms with Gasteiger partial charge in [-0.05, 0) is 94.7 Å². The smallest absolute Gasteiger partial charge is 0.230 e. The number of aromatic nitrogens is 3. The molecular weight excluding hydrogens is 454 g/mol. The van der Waals surface area contributed by atoms with Crippen molar-refractivity contribution >= 4 is 17.7 Å². The summed E-state index contributed by atoms with van der Waals surface area (Å²) in [6.07, 6.45) is 9.18. The van der Waals surface area contributed by atoms with E-state index in [0.717, 1.165) is 35.2 Å². The number of nitrogens with one attached hydrogen (secondary N) is 1. The molecule has 1 aromatic heterocycles. The van der Waals surface area contributed by atoms with Crippen molar-refractivity contribution in [3.63, 3.8) is 0 Å². The van der Waals surface area contributed by atoms with Crippen LogP contribution < -0.4 is 5.32 Å². The van der Waals surface area contributed by atoms with E-state index in [1.807, 2.05) is 6.07 Å². The van der Waals surface area contributed by atoms with Gasteiger partial charge in [0.25, 0.3) is 0 Å². The molecule has 1 heterocycles. The zero-order valence-corrected chi connectivity index (χ0v) is 22.6. The SMILES string of the molecule is CCC(c1nnc(SCC(=O)NC(C)C23CC4CC(CC(C4)C2)C3)n1Cc1ccccc1)N(C)C. The summed E-state index contributed by atoms with van der Waals surface area (Å²) in [6, 6.07) is 10.9. The Kier molecular flexibility index (Phi) is 7.27. The third-order valence-corrected chi connectivity index (χ3v) is 9.92. The minimum absolute atomic E-state index is 0.119. The molecule has 1 aromatic carbocycles. The molecule has 7 heteroatoms. The molecule has 4 aliphatic rings. The summed E-state index contributed by atoms with van der Waals surface area (Å²) in [4.78, 5) is 15.3. The average Bonchev–Trinajstić information content (AvgIpc) is 3.19. The quantitative estimate of drug-likeness (QED) is 0.462. The third-order valence-electron chi connectivity index (χ3n) is 8.95. The highest BCUT2D eigenvalue weighted by Gasteiger charge is 2.53. The molecule has 2 atom stereocenters. The van der Waals surface area contributed by atoms with Crippen molar-refractivity contribution in [2.45, 2.75) is 82.6 Å². The van der Waals surface area contributed by atoms with Crippen molar-refractivity contribution in [3.8, 4) is 0 Å². The zero-order chi connectivity index (χ0) is 24.6. The Morgan fingerprint density at radius 3 is 2.31 bits per heavy atom. The van der Waals surface area contributed by atoms with Crippen molar-refractivity contribution < 1.29 is 4.79 Å². The average molecular weight is 496 g/mol. The molecule has 4 bridgehead atoms. The zero-order valence-electron chi connectivity index (χ0n) is 21.7. The second kappa shape index (κ2) is 10.3. The van der Waals surface area contributed by atoms with E-state index in [0.29, 0.717) is 17.7 Å². The summed E-state index contributed by atoms with van der Waals surface area (Å²) in [7, 11) is 4.17. The minimum Gasteiger partial charge on any atom is -0.352 e. The predicted molar refractivity (Wildman–Crippen MR) is 141 cm³/mol. The van der Waals surface area contributed by atoms with E-state index < -0.39 is 0 Å². The molecule has 0 saturated heterocycles. The Morgan fingerprint density at radius 1 is 1.11 bits per heavy atom. The van der Waals surface area contributed by atoms with Crippen LogP contribution in [-0.2, 0) is 11.3 Å². The van der Waals surface area contributed by atoms with E-state index in [9.17, 15) is 4.79 Å². The number of carbonyl (C=O) groups excluding carboxylic acids is 1. The highest BCUT2D eigenvalue weighted by molar-refractivity contribution is 7.99. The van der Waals surface area contributed by atoms with Gasteiger partial charge in [0.05, 0.1) is 18.3 Å². The molecule has 35 heavy (non-hydrogen) atoms. The second-order valence-corrected chi connectivity index (χ2v) is 12.6. The molecule has 4 fully saturated rings. The largest absolute Gasteiger partial charge is 0.352 e. The molecule has 6 nitrogen and oxygen atoms in total. The lowest BCUT2D eigenvalue weighted by Crippen LogP contribution is -2.56. The number of hydrogen-bond acceptors (Lipinski definition) is 5. The van der Waals surface area contributed by atoms with Gasteiger partial charge in [0, 0.05) is 6.04 Å². The summed E-state index contributed by atoms with van der Waals surface area (Å²) >= 11 is 1.51. The molecule has 2 aromatic rings. The molecule has 190 valence electrons. The van der Waals surface area contributed by atoms with Gasteiger partial charge in [-0.2, -0.15) is 0 Å². The summed E-state index contributed by atoms with van der Waals surface area (Å²) in [5.41, 5.74) is 1.54. The van der Waals surface area contributed by atoms with Crippen molar-refractivity contribution in [1.82, 2.24) is 25.0 Å². The van der Waals surface area contributed by atoms with Crippen LogP contribution in [0.15, 0.2) is 35.5 Å². The van der Waals surface area contributed by atoms with Gasteiger partial charge in [-0.1, -0.05) is 49.0 Å². The van der Waals surface area contributed by atoms with Crippen LogP contribution >= 0.6 is 11.8 Å². The standard InChI is InChI=1S/C28H41N5OS/c1-5-24(32(3)4)26-30-31-27(33(26)17-20-9-7-6-8-10-20)35-18-25(34)29-19(2)28-14-21-11-22(15-28)13-23(12-21)16-28/h6-10,19,21-24H,5,11-18H2,1-4H3,(H,29,34). The molecule has 4 saturated carbocycles. The Morgan fingerprint density at radius 2 is 1.74 bits per heavy atom. The first-order chi connectivity index (χ1) is 16.9. The van der Waals surface area contributed by atoms with Crippen LogP contribution in [-0.4, -0.2) is 51.5 Å². The second-order valence-electron chi connectivity index (χ2n) is 11.7. The monoisotopic (exact) mass is 495 g/mol. The normalized spacial score (nSPS) is 28.9. The molecule has 4 aliphatic carbocycles. The van der Waals surface area contributed by atoms with E-state index >= 15 is 0 Å². The summed E-state index contributed by atoms with van der Waals surface area (Å²) in [6.45, 7) is 5.15. The number of thioether (sulfide) groups is 1. The molecule has 0 spiro atoms. The van der Waals surface area contributed by atoms with Gasteiger partial charge >= 0.3 is 0 Å². The maximum absolute atomic E-state index is 13.1. The van der Waals surface area contributed by atoms with Crippen LogP contribution in [0.4, 0.5) is 0 Å². The van der Waals surface area contributed by atoms with E-state index in [4.69, 9.17) is 0 Å². The summed E-state index contributed by atoms with van der Waals surface area (Å²) in [5.74, 6) is 4.15. The van der Waals surface area contributed by atoms with Crippen LogP contribution in [0.5, 0.6) is 0 Å². The van der Waals surface area contributed by atoms with Gasteiger partial charge < -0.3 is 9.88 Å². The number of rotatable bonds is 10. The Balaban J connectivity index is 1.26. The van der Waals surface area contributed by atoms with Crippen LogP contribution in [0.1, 0.15) is 76.2 Å². The first-order valence-corrected chi connectivity index (χ1v) is 14.4. The van der Waals surface area contributed by atoms with E-state index in [2.05, 4.69) is 77.2 Å². The van der Waals surface area contributed by atoms with Crippen molar-refractivity contribution in [3.05, 3.63) is 41.7 Å².